The number of carbonyl (C=O) groups is 2. The lowest BCUT2D eigenvalue weighted by Gasteiger charge is -2.25. The number of aromatic nitrogens is 3. The van der Waals surface area contributed by atoms with Crippen LogP contribution in [0.15, 0.2) is 59.7 Å². The van der Waals surface area contributed by atoms with Crippen LogP contribution in [-0.4, -0.2) is 51.3 Å². The van der Waals surface area contributed by atoms with Gasteiger partial charge >= 0.3 is 6.09 Å². The summed E-state index contributed by atoms with van der Waals surface area (Å²) in [6.45, 7) is 6.12. The van der Waals surface area contributed by atoms with Gasteiger partial charge in [0.05, 0.1) is 6.04 Å². The third kappa shape index (κ3) is 6.56. The van der Waals surface area contributed by atoms with Crippen LogP contribution in [0.5, 0.6) is 0 Å². The minimum atomic E-state index is -0.625. The molecule has 1 fully saturated rings. The first kappa shape index (κ1) is 26.8. The van der Waals surface area contributed by atoms with Crippen LogP contribution < -0.4 is 21.1 Å². The van der Waals surface area contributed by atoms with Gasteiger partial charge in [0, 0.05) is 44.5 Å². The van der Waals surface area contributed by atoms with Gasteiger partial charge < -0.3 is 20.3 Å². The summed E-state index contributed by atoms with van der Waals surface area (Å²) in [4.78, 5) is 49.1. The predicted molar refractivity (Wildman–Crippen MR) is 146 cm³/mol. The van der Waals surface area contributed by atoms with E-state index in [1.54, 1.807) is 52.3 Å². The zero-order valence-corrected chi connectivity index (χ0v) is 22.2. The third-order valence-corrected chi connectivity index (χ3v) is 6.11. The molecule has 0 bridgehead atoms. The smallest absolute Gasteiger partial charge is 0.407 e. The van der Waals surface area contributed by atoms with Crippen LogP contribution in [-0.2, 0) is 23.0 Å². The molecule has 200 valence electrons. The second-order valence-corrected chi connectivity index (χ2v) is 10.3. The summed E-state index contributed by atoms with van der Waals surface area (Å²) in [5.41, 5.74) is 1.45. The first-order chi connectivity index (χ1) is 18.1. The molecular formula is C28H34N6O4. The van der Waals surface area contributed by atoms with Crippen LogP contribution in [0, 0.1) is 0 Å². The van der Waals surface area contributed by atoms with Crippen LogP contribution in [0.2, 0.25) is 0 Å². The van der Waals surface area contributed by atoms with E-state index >= 15 is 0 Å². The largest absolute Gasteiger partial charge is 0.444 e. The Morgan fingerprint density at radius 2 is 1.82 bits per heavy atom. The van der Waals surface area contributed by atoms with Crippen molar-refractivity contribution < 1.29 is 14.3 Å². The minimum absolute atomic E-state index is 0.0940. The topological polar surface area (TPSA) is 118 Å². The van der Waals surface area contributed by atoms with Crippen molar-refractivity contribution in [3.63, 3.8) is 0 Å². The molecule has 2 aromatic heterocycles. The zero-order valence-electron chi connectivity index (χ0n) is 22.2. The average Bonchev–Trinajstić information content (AvgIpc) is 3.30. The molecule has 0 spiro atoms. The summed E-state index contributed by atoms with van der Waals surface area (Å²) in [6.07, 6.45) is 4.37. The van der Waals surface area contributed by atoms with Crippen molar-refractivity contribution in [2.75, 3.05) is 23.3 Å². The van der Waals surface area contributed by atoms with Gasteiger partial charge in [0.1, 0.15) is 17.0 Å². The lowest BCUT2D eigenvalue weighted by molar-refractivity contribution is -0.117. The average molecular weight is 519 g/mol. The number of hydrogen-bond acceptors (Lipinski definition) is 7. The second kappa shape index (κ2) is 11.5. The Labute approximate surface area is 222 Å². The molecule has 3 heterocycles. The molecule has 2 amide bonds. The Bertz CT molecular complexity index is 1340. The molecule has 1 aliphatic rings. The van der Waals surface area contributed by atoms with Crippen LogP contribution in [0.4, 0.5) is 16.4 Å². The van der Waals surface area contributed by atoms with Gasteiger partial charge in [-0.15, -0.1) is 0 Å². The summed E-state index contributed by atoms with van der Waals surface area (Å²) in [5.74, 6) is 0.229. The van der Waals surface area contributed by atoms with Crippen molar-refractivity contribution in [2.45, 2.75) is 51.7 Å². The maximum atomic E-state index is 13.7. The highest BCUT2D eigenvalue weighted by molar-refractivity contribution is 5.98. The second-order valence-electron chi connectivity index (χ2n) is 10.3. The number of hydrogen-bond donors (Lipinski definition) is 2. The number of alkyl carbamates (subject to hydrolysis) is 1. The van der Waals surface area contributed by atoms with Crippen molar-refractivity contribution in [1.29, 1.82) is 0 Å². The van der Waals surface area contributed by atoms with E-state index in [2.05, 4.69) is 15.6 Å². The van der Waals surface area contributed by atoms with Gasteiger partial charge in [-0.2, -0.15) is 0 Å². The summed E-state index contributed by atoms with van der Waals surface area (Å²) in [5, 5.41) is 6.18. The van der Waals surface area contributed by atoms with E-state index in [1.165, 1.54) is 9.47 Å². The maximum absolute atomic E-state index is 13.7. The Morgan fingerprint density at radius 3 is 2.45 bits per heavy atom. The number of nitrogens with zero attached hydrogens (tertiary/aromatic N) is 4. The summed E-state index contributed by atoms with van der Waals surface area (Å²) >= 11 is 0. The molecule has 3 aromatic rings. The molecule has 10 heteroatoms. The molecular weight excluding hydrogens is 484 g/mol. The Kier molecular flexibility index (Phi) is 8.09. The van der Waals surface area contributed by atoms with Crippen molar-refractivity contribution in [3.05, 3.63) is 70.8 Å². The lowest BCUT2D eigenvalue weighted by Crippen LogP contribution is -2.42. The SMILES string of the molecule is Cn1c(NC(CNC(=O)OC(C)(C)C)Cc2ccccc2)nc(-c2ccncc2)c(N2CCCC2=O)c1=O. The fourth-order valence-corrected chi connectivity index (χ4v) is 4.33. The lowest BCUT2D eigenvalue weighted by atomic mass is 10.1. The molecule has 4 rings (SSSR count). The zero-order chi connectivity index (χ0) is 27.3. The van der Waals surface area contributed by atoms with E-state index in [0.29, 0.717) is 43.0 Å². The number of benzene rings is 1. The van der Waals surface area contributed by atoms with Crippen molar-refractivity contribution >= 4 is 23.6 Å². The van der Waals surface area contributed by atoms with Gasteiger partial charge in [0.15, 0.2) is 0 Å². The van der Waals surface area contributed by atoms with Crippen molar-refractivity contribution in [1.82, 2.24) is 19.9 Å². The Morgan fingerprint density at radius 1 is 1.11 bits per heavy atom. The highest BCUT2D eigenvalue weighted by Gasteiger charge is 2.30. The molecule has 0 saturated carbocycles. The number of pyridine rings is 1. The molecule has 2 N–H and O–H groups in total. The van der Waals surface area contributed by atoms with Crippen molar-refractivity contribution in [2.24, 2.45) is 7.05 Å². The molecule has 1 saturated heterocycles. The molecule has 1 unspecified atom stereocenters. The minimum Gasteiger partial charge on any atom is -0.444 e. The molecule has 0 aliphatic carbocycles. The predicted octanol–water partition coefficient (Wildman–Crippen LogP) is 3.52. The summed E-state index contributed by atoms with van der Waals surface area (Å²) < 4.78 is 6.81. The molecule has 1 aliphatic heterocycles. The van der Waals surface area contributed by atoms with Crippen molar-refractivity contribution in [3.8, 4) is 11.3 Å². The van der Waals surface area contributed by atoms with Gasteiger partial charge in [0.25, 0.3) is 5.56 Å². The third-order valence-electron chi connectivity index (χ3n) is 6.11. The molecule has 0 radical (unpaired) electrons. The fourth-order valence-electron chi connectivity index (χ4n) is 4.33. The Balaban J connectivity index is 1.70. The Hall–Kier alpha value is -4.21. The number of ether oxygens (including phenoxy) is 1. The van der Waals surface area contributed by atoms with E-state index in [-0.39, 0.29) is 29.7 Å². The first-order valence-corrected chi connectivity index (χ1v) is 12.7. The van der Waals surface area contributed by atoms with Gasteiger partial charge in [-0.1, -0.05) is 30.3 Å². The molecule has 38 heavy (non-hydrogen) atoms. The number of carbonyl (C=O) groups excluding carboxylic acids is 2. The number of nitrogens with one attached hydrogen (secondary N) is 2. The molecule has 1 atom stereocenters. The van der Waals surface area contributed by atoms with Gasteiger partial charge in [0.2, 0.25) is 11.9 Å². The molecule has 10 nitrogen and oxygen atoms in total. The molecule has 1 aromatic carbocycles. The van der Waals surface area contributed by atoms with Gasteiger partial charge in [-0.3, -0.25) is 19.1 Å². The van der Waals surface area contributed by atoms with E-state index in [1.807, 2.05) is 30.3 Å². The van der Waals surface area contributed by atoms with E-state index in [0.717, 1.165) is 5.56 Å². The fraction of sp³-hybridized carbons (Fsp3) is 0.393. The number of rotatable bonds is 8. The van der Waals surface area contributed by atoms with E-state index < -0.39 is 11.7 Å². The summed E-state index contributed by atoms with van der Waals surface area (Å²) in [6, 6.07) is 13.1. The first-order valence-electron chi connectivity index (χ1n) is 12.7. The van der Waals surface area contributed by atoms with Crippen LogP contribution in [0.25, 0.3) is 11.3 Å². The van der Waals surface area contributed by atoms with Crippen LogP contribution in [0.1, 0.15) is 39.2 Å². The van der Waals surface area contributed by atoms with Crippen LogP contribution >= 0.6 is 0 Å². The monoisotopic (exact) mass is 518 g/mol. The van der Waals surface area contributed by atoms with E-state index in [4.69, 9.17) is 9.72 Å². The standard InChI is InChI=1S/C28H34N6O4/c1-28(2,3)38-27(37)30-18-21(17-19-9-6-5-7-10-19)31-26-32-23(20-12-14-29-15-13-20)24(25(36)33(26)4)34-16-8-11-22(34)35/h5-7,9-10,12-15,21H,8,11,16-18H2,1-4H3,(H,30,37)(H,31,32). The van der Waals surface area contributed by atoms with E-state index in [9.17, 15) is 14.4 Å². The highest BCUT2D eigenvalue weighted by Crippen LogP contribution is 2.30. The number of anilines is 2. The van der Waals surface area contributed by atoms with Gasteiger partial charge in [-0.25, -0.2) is 9.78 Å². The number of amides is 2. The quantitative estimate of drug-likeness (QED) is 0.468. The highest BCUT2D eigenvalue weighted by atomic mass is 16.6. The maximum Gasteiger partial charge on any atom is 0.407 e. The normalized spacial score (nSPS) is 14.3. The van der Waals surface area contributed by atoms with Crippen LogP contribution in [0.3, 0.4) is 0 Å². The summed E-state index contributed by atoms with van der Waals surface area (Å²) in [7, 11) is 1.62. The van der Waals surface area contributed by atoms with Gasteiger partial charge in [-0.05, 0) is 51.3 Å².